The Morgan fingerprint density at radius 1 is 1.57 bits per heavy atom. The molecule has 1 fully saturated rings. The largest absolute Gasteiger partial charge is 0.393 e. The second kappa shape index (κ2) is 5.66. The molecule has 0 aliphatic carbocycles. The minimum atomic E-state index is 0.583. The Bertz CT molecular complexity index is 194. The molecule has 14 heavy (non-hydrogen) atoms. The molecule has 1 aliphatic heterocycles. The van der Waals surface area contributed by atoms with Crippen LogP contribution in [0.3, 0.4) is 0 Å². The molecule has 0 amide bonds. The van der Waals surface area contributed by atoms with Crippen molar-refractivity contribution in [2.24, 2.45) is 5.73 Å². The quantitative estimate of drug-likeness (QED) is 0.712. The molecule has 82 valence electrons. The van der Waals surface area contributed by atoms with Gasteiger partial charge in [-0.2, -0.15) is 0 Å². The average molecular weight is 214 g/mol. The lowest BCUT2D eigenvalue weighted by atomic mass is 10.1. The number of thiocarbonyl (C=S) groups is 1. The number of hydrogen-bond donors (Lipinski definition) is 1. The van der Waals surface area contributed by atoms with Crippen molar-refractivity contribution in [3.63, 3.8) is 0 Å². The minimum Gasteiger partial charge on any atom is -0.393 e. The summed E-state index contributed by atoms with van der Waals surface area (Å²) in [6.07, 6.45) is 6.00. The minimum absolute atomic E-state index is 0.583. The van der Waals surface area contributed by atoms with Gasteiger partial charge in [-0.3, -0.25) is 4.90 Å². The zero-order chi connectivity index (χ0) is 10.6. The summed E-state index contributed by atoms with van der Waals surface area (Å²) < 4.78 is 0. The molecule has 1 heterocycles. The van der Waals surface area contributed by atoms with E-state index in [-0.39, 0.29) is 0 Å². The molecule has 0 bridgehead atoms. The molecule has 1 aliphatic rings. The zero-order valence-electron chi connectivity index (χ0n) is 9.33. The third-order valence-electron chi connectivity index (χ3n) is 3.27. The van der Waals surface area contributed by atoms with Gasteiger partial charge in [0, 0.05) is 18.5 Å². The first kappa shape index (κ1) is 11.9. The van der Waals surface area contributed by atoms with Gasteiger partial charge >= 0.3 is 0 Å². The van der Waals surface area contributed by atoms with E-state index in [4.69, 9.17) is 18.0 Å². The number of rotatable bonds is 5. The van der Waals surface area contributed by atoms with Crippen LogP contribution in [0.1, 0.15) is 46.0 Å². The summed E-state index contributed by atoms with van der Waals surface area (Å²) in [5, 5.41) is 0. The van der Waals surface area contributed by atoms with E-state index in [1.807, 2.05) is 0 Å². The highest BCUT2D eigenvalue weighted by Crippen LogP contribution is 2.25. The van der Waals surface area contributed by atoms with Crippen LogP contribution in [0.5, 0.6) is 0 Å². The molecule has 0 aromatic carbocycles. The van der Waals surface area contributed by atoms with Gasteiger partial charge in [0.15, 0.2) is 0 Å². The van der Waals surface area contributed by atoms with Crippen molar-refractivity contribution in [3.05, 3.63) is 0 Å². The van der Waals surface area contributed by atoms with Crippen molar-refractivity contribution in [1.82, 2.24) is 4.90 Å². The van der Waals surface area contributed by atoms with Crippen LogP contribution < -0.4 is 5.73 Å². The lowest BCUT2D eigenvalue weighted by Gasteiger charge is -2.31. The topological polar surface area (TPSA) is 29.3 Å². The summed E-state index contributed by atoms with van der Waals surface area (Å²) in [6.45, 7) is 5.74. The highest BCUT2D eigenvalue weighted by molar-refractivity contribution is 7.80. The number of nitrogens with two attached hydrogens (primary N) is 1. The summed E-state index contributed by atoms with van der Waals surface area (Å²) in [4.78, 5) is 3.28. The van der Waals surface area contributed by atoms with Gasteiger partial charge in [0.1, 0.15) is 0 Å². The summed E-state index contributed by atoms with van der Waals surface area (Å²) in [5.74, 6) is 0. The molecule has 0 radical (unpaired) electrons. The van der Waals surface area contributed by atoms with Crippen molar-refractivity contribution >= 4 is 17.2 Å². The van der Waals surface area contributed by atoms with Crippen molar-refractivity contribution in [2.45, 2.75) is 58.0 Å². The molecule has 2 unspecified atom stereocenters. The van der Waals surface area contributed by atoms with Gasteiger partial charge in [-0.05, 0) is 32.2 Å². The van der Waals surface area contributed by atoms with E-state index in [9.17, 15) is 0 Å². The van der Waals surface area contributed by atoms with Crippen LogP contribution in [0.25, 0.3) is 0 Å². The number of hydrogen-bond acceptors (Lipinski definition) is 2. The Balaban J connectivity index is 2.54. The summed E-state index contributed by atoms with van der Waals surface area (Å²) in [6, 6.07) is 1.36. The van der Waals surface area contributed by atoms with Gasteiger partial charge in [-0.1, -0.05) is 26.1 Å². The second-order valence-corrected chi connectivity index (χ2v) is 4.70. The highest BCUT2D eigenvalue weighted by Gasteiger charge is 2.28. The fourth-order valence-electron chi connectivity index (χ4n) is 2.51. The molecule has 0 saturated carbocycles. The molecule has 1 saturated heterocycles. The van der Waals surface area contributed by atoms with Crippen molar-refractivity contribution < 1.29 is 0 Å². The third-order valence-corrected chi connectivity index (χ3v) is 3.44. The van der Waals surface area contributed by atoms with E-state index in [2.05, 4.69) is 18.7 Å². The first-order valence-electron chi connectivity index (χ1n) is 5.73. The lowest BCUT2D eigenvalue weighted by Crippen LogP contribution is -2.40. The first-order chi connectivity index (χ1) is 6.69. The molecule has 0 aromatic heterocycles. The van der Waals surface area contributed by atoms with E-state index in [1.54, 1.807) is 0 Å². The van der Waals surface area contributed by atoms with Crippen molar-refractivity contribution in [2.75, 3.05) is 6.54 Å². The fourth-order valence-corrected chi connectivity index (χ4v) is 2.70. The van der Waals surface area contributed by atoms with Crippen LogP contribution in [0.4, 0.5) is 0 Å². The molecule has 2 atom stereocenters. The van der Waals surface area contributed by atoms with Gasteiger partial charge in [0.05, 0.1) is 4.99 Å². The molecule has 0 spiro atoms. The standard InChI is InChI=1S/C11H22N2S/c1-3-9-6-5-7-13(9)10(4-2)8-11(12)14/h9-10H,3-8H2,1-2H3,(H2,12,14). The second-order valence-electron chi connectivity index (χ2n) is 4.17. The molecular weight excluding hydrogens is 192 g/mol. The van der Waals surface area contributed by atoms with Gasteiger partial charge in [0.25, 0.3) is 0 Å². The molecule has 3 heteroatoms. The average Bonchev–Trinajstić information content (AvgIpc) is 2.61. The van der Waals surface area contributed by atoms with Crippen molar-refractivity contribution in [1.29, 1.82) is 0 Å². The summed E-state index contributed by atoms with van der Waals surface area (Å²) in [5.41, 5.74) is 5.63. The molecule has 2 N–H and O–H groups in total. The first-order valence-corrected chi connectivity index (χ1v) is 6.13. The fraction of sp³-hybridized carbons (Fsp3) is 0.909. The maximum Gasteiger partial charge on any atom is 0.0743 e. The van der Waals surface area contributed by atoms with Crippen LogP contribution in [-0.4, -0.2) is 28.5 Å². The summed E-state index contributed by atoms with van der Waals surface area (Å²) >= 11 is 5.00. The summed E-state index contributed by atoms with van der Waals surface area (Å²) in [7, 11) is 0. The zero-order valence-corrected chi connectivity index (χ0v) is 10.1. The van der Waals surface area contributed by atoms with Crippen LogP contribution in [0.2, 0.25) is 0 Å². The van der Waals surface area contributed by atoms with Crippen LogP contribution >= 0.6 is 12.2 Å². The molecule has 1 rings (SSSR count). The SMILES string of the molecule is CCC1CCCN1C(CC)CC(N)=S. The van der Waals surface area contributed by atoms with Gasteiger partial charge in [-0.25, -0.2) is 0 Å². The predicted octanol–water partition coefficient (Wildman–Crippen LogP) is 2.32. The van der Waals surface area contributed by atoms with Gasteiger partial charge < -0.3 is 5.73 Å². The van der Waals surface area contributed by atoms with Gasteiger partial charge in [-0.15, -0.1) is 0 Å². The Kier molecular flexibility index (Phi) is 4.82. The molecular formula is C11H22N2S. The molecule has 0 aromatic rings. The van der Waals surface area contributed by atoms with E-state index in [0.29, 0.717) is 11.0 Å². The molecule has 2 nitrogen and oxygen atoms in total. The Labute approximate surface area is 92.8 Å². The van der Waals surface area contributed by atoms with Crippen molar-refractivity contribution in [3.8, 4) is 0 Å². The highest BCUT2D eigenvalue weighted by atomic mass is 32.1. The van der Waals surface area contributed by atoms with Gasteiger partial charge in [0.2, 0.25) is 0 Å². The van der Waals surface area contributed by atoms with E-state index >= 15 is 0 Å². The Hall–Kier alpha value is -0.150. The van der Waals surface area contributed by atoms with Crippen LogP contribution in [0, 0.1) is 0 Å². The lowest BCUT2D eigenvalue weighted by molar-refractivity contribution is 0.175. The predicted molar refractivity (Wildman–Crippen MR) is 65.5 cm³/mol. The third kappa shape index (κ3) is 2.92. The number of likely N-dealkylation sites (tertiary alicyclic amines) is 1. The van der Waals surface area contributed by atoms with E-state index in [0.717, 1.165) is 18.9 Å². The van der Waals surface area contributed by atoms with Crippen LogP contribution in [0.15, 0.2) is 0 Å². The normalized spacial score (nSPS) is 25.1. The van der Waals surface area contributed by atoms with Crippen LogP contribution in [-0.2, 0) is 0 Å². The number of nitrogens with zero attached hydrogens (tertiary/aromatic N) is 1. The Morgan fingerprint density at radius 3 is 2.79 bits per heavy atom. The monoisotopic (exact) mass is 214 g/mol. The Morgan fingerprint density at radius 2 is 2.29 bits per heavy atom. The smallest absolute Gasteiger partial charge is 0.0743 e. The maximum absolute atomic E-state index is 5.63. The maximum atomic E-state index is 5.63. The van der Waals surface area contributed by atoms with E-state index in [1.165, 1.54) is 25.8 Å². The van der Waals surface area contributed by atoms with E-state index < -0.39 is 0 Å².